The standard InChI is InChI=1S/C27H26N4O3/c32-25(19-31-26(33)23-8-4-5-9-24(23)27(31)34)28-21-10-12-22(13-11-21)30-16-14-29(15-17-30)18-20-6-2-1-3-7-20/h1-13H,14-19H2,(H,28,32). The molecule has 0 saturated carbocycles. The van der Waals surface area contributed by atoms with Gasteiger partial charge in [-0.15, -0.1) is 0 Å². The van der Waals surface area contributed by atoms with Crippen molar-refractivity contribution >= 4 is 29.1 Å². The molecule has 0 bridgehead atoms. The van der Waals surface area contributed by atoms with E-state index in [0.717, 1.165) is 43.3 Å². The molecule has 5 rings (SSSR count). The van der Waals surface area contributed by atoms with Gasteiger partial charge >= 0.3 is 0 Å². The third-order valence-corrected chi connectivity index (χ3v) is 6.32. The molecule has 0 aliphatic carbocycles. The minimum absolute atomic E-state index is 0.308. The highest BCUT2D eigenvalue weighted by Gasteiger charge is 2.36. The van der Waals surface area contributed by atoms with E-state index in [2.05, 4.69) is 39.4 Å². The fourth-order valence-electron chi connectivity index (χ4n) is 4.49. The fourth-order valence-corrected chi connectivity index (χ4v) is 4.49. The summed E-state index contributed by atoms with van der Waals surface area (Å²) in [7, 11) is 0. The van der Waals surface area contributed by atoms with Gasteiger partial charge in [-0.3, -0.25) is 24.2 Å². The number of benzene rings is 3. The zero-order chi connectivity index (χ0) is 23.5. The molecule has 2 aliphatic rings. The van der Waals surface area contributed by atoms with Gasteiger partial charge in [0.15, 0.2) is 0 Å². The lowest BCUT2D eigenvalue weighted by Crippen LogP contribution is -2.45. The number of nitrogens with zero attached hydrogens (tertiary/aromatic N) is 3. The molecule has 2 heterocycles. The van der Waals surface area contributed by atoms with Crippen LogP contribution in [0.5, 0.6) is 0 Å². The minimum atomic E-state index is -0.433. The Morgan fingerprint density at radius 1 is 0.735 bits per heavy atom. The number of anilines is 2. The van der Waals surface area contributed by atoms with Crippen molar-refractivity contribution in [1.29, 1.82) is 0 Å². The highest BCUT2D eigenvalue weighted by atomic mass is 16.2. The largest absolute Gasteiger partial charge is 0.369 e. The monoisotopic (exact) mass is 454 g/mol. The van der Waals surface area contributed by atoms with E-state index in [-0.39, 0.29) is 6.54 Å². The molecule has 3 amide bonds. The van der Waals surface area contributed by atoms with E-state index in [0.29, 0.717) is 16.8 Å². The molecule has 2 aliphatic heterocycles. The Hall–Kier alpha value is -3.97. The predicted molar refractivity (Wildman–Crippen MR) is 131 cm³/mol. The first-order valence-corrected chi connectivity index (χ1v) is 11.4. The molecule has 7 heteroatoms. The van der Waals surface area contributed by atoms with Crippen LogP contribution in [0.25, 0.3) is 0 Å². The highest BCUT2D eigenvalue weighted by molar-refractivity contribution is 6.22. The summed E-state index contributed by atoms with van der Waals surface area (Å²) >= 11 is 0. The van der Waals surface area contributed by atoms with Crippen molar-refractivity contribution in [2.75, 3.05) is 42.9 Å². The fraction of sp³-hybridized carbons (Fsp3) is 0.222. The Morgan fingerprint density at radius 2 is 1.32 bits per heavy atom. The third-order valence-electron chi connectivity index (χ3n) is 6.32. The lowest BCUT2D eigenvalue weighted by atomic mass is 10.1. The molecule has 172 valence electrons. The van der Waals surface area contributed by atoms with Crippen molar-refractivity contribution in [1.82, 2.24) is 9.80 Å². The topological polar surface area (TPSA) is 73.0 Å². The molecule has 1 N–H and O–H groups in total. The van der Waals surface area contributed by atoms with Gasteiger partial charge in [0.05, 0.1) is 11.1 Å². The van der Waals surface area contributed by atoms with Crippen molar-refractivity contribution in [3.8, 4) is 0 Å². The quantitative estimate of drug-likeness (QED) is 0.579. The lowest BCUT2D eigenvalue weighted by molar-refractivity contribution is -0.116. The molecule has 0 unspecified atom stereocenters. The first-order chi connectivity index (χ1) is 16.6. The van der Waals surface area contributed by atoms with E-state index >= 15 is 0 Å². The molecule has 34 heavy (non-hydrogen) atoms. The van der Waals surface area contributed by atoms with Gasteiger partial charge in [0.1, 0.15) is 6.54 Å². The zero-order valence-electron chi connectivity index (χ0n) is 18.8. The number of imide groups is 1. The average molecular weight is 455 g/mol. The summed E-state index contributed by atoms with van der Waals surface area (Å²) in [4.78, 5) is 43.2. The Labute approximate surface area is 198 Å². The second-order valence-corrected chi connectivity index (χ2v) is 8.59. The molecular weight excluding hydrogens is 428 g/mol. The van der Waals surface area contributed by atoms with Crippen LogP contribution in [0.3, 0.4) is 0 Å². The summed E-state index contributed by atoms with van der Waals surface area (Å²) in [5.74, 6) is -1.27. The number of hydrogen-bond donors (Lipinski definition) is 1. The van der Waals surface area contributed by atoms with Gasteiger partial charge in [-0.05, 0) is 42.0 Å². The first kappa shape index (κ1) is 21.9. The van der Waals surface area contributed by atoms with E-state index in [4.69, 9.17) is 0 Å². The summed E-state index contributed by atoms with van der Waals surface area (Å²) in [5.41, 5.74) is 3.75. The number of piperazine rings is 1. The number of amides is 3. The number of carbonyl (C=O) groups is 3. The van der Waals surface area contributed by atoms with Crippen molar-refractivity contribution in [3.63, 3.8) is 0 Å². The Bertz CT molecular complexity index is 1170. The van der Waals surface area contributed by atoms with Crippen LogP contribution < -0.4 is 10.2 Å². The summed E-state index contributed by atoms with van der Waals surface area (Å²) < 4.78 is 0. The van der Waals surface area contributed by atoms with Gasteiger partial charge in [-0.25, -0.2) is 0 Å². The van der Waals surface area contributed by atoms with E-state index in [9.17, 15) is 14.4 Å². The molecule has 3 aromatic rings. The molecule has 7 nitrogen and oxygen atoms in total. The van der Waals surface area contributed by atoms with Crippen molar-refractivity contribution in [3.05, 3.63) is 95.6 Å². The summed E-state index contributed by atoms with van der Waals surface area (Å²) in [6, 6.07) is 24.8. The van der Waals surface area contributed by atoms with Gasteiger partial charge in [0, 0.05) is 44.1 Å². The van der Waals surface area contributed by atoms with Crippen LogP contribution in [0.4, 0.5) is 11.4 Å². The average Bonchev–Trinajstić information content (AvgIpc) is 3.11. The molecule has 0 spiro atoms. The molecule has 1 fully saturated rings. The lowest BCUT2D eigenvalue weighted by Gasteiger charge is -2.36. The second kappa shape index (κ2) is 9.49. The number of hydrogen-bond acceptors (Lipinski definition) is 5. The summed E-state index contributed by atoms with van der Waals surface area (Å²) in [6.07, 6.45) is 0. The van der Waals surface area contributed by atoms with Crippen LogP contribution in [-0.2, 0) is 11.3 Å². The van der Waals surface area contributed by atoms with Crippen molar-refractivity contribution in [2.45, 2.75) is 6.54 Å². The molecular formula is C27H26N4O3. The Kier molecular flexibility index (Phi) is 6.10. The maximum absolute atomic E-state index is 12.5. The van der Waals surface area contributed by atoms with E-state index in [1.165, 1.54) is 5.56 Å². The predicted octanol–water partition coefficient (Wildman–Crippen LogP) is 3.24. The van der Waals surface area contributed by atoms with Crippen LogP contribution in [0, 0.1) is 0 Å². The first-order valence-electron chi connectivity index (χ1n) is 11.4. The van der Waals surface area contributed by atoms with Gasteiger partial charge < -0.3 is 10.2 Å². The maximum Gasteiger partial charge on any atom is 0.262 e. The molecule has 3 aromatic carbocycles. The van der Waals surface area contributed by atoms with Crippen molar-refractivity contribution in [2.24, 2.45) is 0 Å². The van der Waals surface area contributed by atoms with E-state index < -0.39 is 17.7 Å². The maximum atomic E-state index is 12.5. The van der Waals surface area contributed by atoms with Crippen LogP contribution >= 0.6 is 0 Å². The number of nitrogens with one attached hydrogen (secondary N) is 1. The van der Waals surface area contributed by atoms with Crippen LogP contribution in [-0.4, -0.2) is 60.2 Å². The summed E-state index contributed by atoms with van der Waals surface area (Å²) in [6.45, 7) is 4.53. The van der Waals surface area contributed by atoms with Crippen LogP contribution in [0.15, 0.2) is 78.9 Å². The molecule has 0 aromatic heterocycles. The smallest absolute Gasteiger partial charge is 0.262 e. The van der Waals surface area contributed by atoms with Gasteiger partial charge in [-0.1, -0.05) is 42.5 Å². The highest BCUT2D eigenvalue weighted by Crippen LogP contribution is 2.23. The normalized spacial score (nSPS) is 16.0. The molecule has 0 atom stereocenters. The molecule has 1 saturated heterocycles. The van der Waals surface area contributed by atoms with Crippen LogP contribution in [0.2, 0.25) is 0 Å². The van der Waals surface area contributed by atoms with Crippen molar-refractivity contribution < 1.29 is 14.4 Å². The second-order valence-electron chi connectivity index (χ2n) is 8.59. The Balaban J connectivity index is 1.13. The van der Waals surface area contributed by atoms with Gasteiger partial charge in [0.25, 0.3) is 11.8 Å². The Morgan fingerprint density at radius 3 is 1.94 bits per heavy atom. The van der Waals surface area contributed by atoms with E-state index in [1.54, 1.807) is 24.3 Å². The minimum Gasteiger partial charge on any atom is -0.369 e. The molecule has 0 radical (unpaired) electrons. The van der Waals surface area contributed by atoms with Gasteiger partial charge in [0.2, 0.25) is 5.91 Å². The third kappa shape index (κ3) is 4.56. The summed E-state index contributed by atoms with van der Waals surface area (Å²) in [5, 5.41) is 2.79. The number of fused-ring (bicyclic) bond motifs is 1. The SMILES string of the molecule is O=C(CN1C(=O)c2ccccc2C1=O)Nc1ccc(N2CCN(Cc3ccccc3)CC2)cc1. The van der Waals surface area contributed by atoms with E-state index in [1.807, 2.05) is 30.3 Å². The zero-order valence-corrected chi connectivity index (χ0v) is 18.8. The van der Waals surface area contributed by atoms with Gasteiger partial charge in [-0.2, -0.15) is 0 Å². The van der Waals surface area contributed by atoms with Crippen LogP contribution in [0.1, 0.15) is 26.3 Å². The number of rotatable bonds is 6. The number of carbonyl (C=O) groups excluding carboxylic acids is 3.